The molecule has 12 heavy (non-hydrogen) atoms. The van der Waals surface area contributed by atoms with Gasteiger partial charge in [0.2, 0.25) is 0 Å². The van der Waals surface area contributed by atoms with E-state index in [-0.39, 0.29) is 6.04 Å². The number of aliphatic hydroxyl groups is 1. The molecular weight excluding hydrogens is 194 g/mol. The molecular formula is C8H12ClNOS. The predicted octanol–water partition coefficient (Wildman–Crippen LogP) is 1.96. The van der Waals surface area contributed by atoms with Crippen LogP contribution in [-0.2, 0) is 5.60 Å². The van der Waals surface area contributed by atoms with E-state index in [0.717, 1.165) is 4.88 Å². The molecule has 0 spiro atoms. The highest BCUT2D eigenvalue weighted by atomic mass is 35.5. The number of nitrogens with two attached hydrogens (primary N) is 1. The van der Waals surface area contributed by atoms with Gasteiger partial charge in [0.25, 0.3) is 0 Å². The van der Waals surface area contributed by atoms with Crippen LogP contribution in [0.1, 0.15) is 18.7 Å². The third-order valence-electron chi connectivity index (χ3n) is 1.96. The maximum atomic E-state index is 9.93. The molecule has 1 heterocycles. The minimum absolute atomic E-state index is 0.325. The van der Waals surface area contributed by atoms with Crippen molar-refractivity contribution in [2.45, 2.75) is 25.5 Å². The average Bonchev–Trinajstić information content (AvgIpc) is 2.35. The molecule has 0 aliphatic heterocycles. The van der Waals surface area contributed by atoms with Crippen molar-refractivity contribution in [3.05, 3.63) is 21.3 Å². The lowest BCUT2D eigenvalue weighted by atomic mass is 9.97. The van der Waals surface area contributed by atoms with Gasteiger partial charge in [-0.15, -0.1) is 11.3 Å². The summed E-state index contributed by atoms with van der Waals surface area (Å²) in [6.07, 6.45) is 0. The number of halogens is 1. The second kappa shape index (κ2) is 3.34. The van der Waals surface area contributed by atoms with E-state index in [2.05, 4.69) is 0 Å². The fourth-order valence-corrected chi connectivity index (χ4v) is 2.27. The molecule has 0 bridgehead atoms. The van der Waals surface area contributed by atoms with Gasteiger partial charge >= 0.3 is 0 Å². The Balaban J connectivity index is 3.05. The summed E-state index contributed by atoms with van der Waals surface area (Å²) in [5, 5.41) is 12.4. The van der Waals surface area contributed by atoms with Crippen LogP contribution in [0.25, 0.3) is 0 Å². The predicted molar refractivity (Wildman–Crippen MR) is 52.5 cm³/mol. The van der Waals surface area contributed by atoms with Crippen LogP contribution in [0.2, 0.25) is 5.02 Å². The van der Waals surface area contributed by atoms with Gasteiger partial charge < -0.3 is 10.8 Å². The second-order valence-electron chi connectivity index (χ2n) is 3.03. The molecule has 0 saturated heterocycles. The van der Waals surface area contributed by atoms with Crippen LogP contribution in [0.3, 0.4) is 0 Å². The molecule has 1 aromatic heterocycles. The first kappa shape index (κ1) is 9.99. The molecule has 1 aromatic rings. The van der Waals surface area contributed by atoms with Gasteiger partial charge in [-0.3, -0.25) is 0 Å². The van der Waals surface area contributed by atoms with E-state index >= 15 is 0 Å². The first-order chi connectivity index (χ1) is 5.46. The topological polar surface area (TPSA) is 46.2 Å². The lowest BCUT2D eigenvalue weighted by Gasteiger charge is -2.26. The zero-order chi connectivity index (χ0) is 9.35. The van der Waals surface area contributed by atoms with Gasteiger partial charge in [0.15, 0.2) is 0 Å². The zero-order valence-electron chi connectivity index (χ0n) is 7.04. The third-order valence-corrected chi connectivity index (χ3v) is 3.53. The molecule has 0 aliphatic carbocycles. The fraction of sp³-hybridized carbons (Fsp3) is 0.500. The summed E-state index contributed by atoms with van der Waals surface area (Å²) in [5.41, 5.74) is 4.61. The quantitative estimate of drug-likeness (QED) is 0.776. The normalized spacial score (nSPS) is 18.8. The minimum Gasteiger partial charge on any atom is -0.383 e. The molecule has 2 nitrogen and oxygen atoms in total. The standard InChI is InChI=1S/C8H12ClNOS/c1-5(10)8(2,11)7-6(9)3-4-12-7/h3-5,11H,10H2,1-2H3. The Labute approximate surface area is 81.0 Å². The van der Waals surface area contributed by atoms with E-state index in [0.29, 0.717) is 5.02 Å². The lowest BCUT2D eigenvalue weighted by molar-refractivity contribution is 0.0387. The summed E-state index contributed by atoms with van der Waals surface area (Å²) >= 11 is 7.29. The van der Waals surface area contributed by atoms with Crippen molar-refractivity contribution in [2.24, 2.45) is 5.73 Å². The van der Waals surface area contributed by atoms with E-state index < -0.39 is 5.60 Å². The van der Waals surface area contributed by atoms with Gasteiger partial charge in [0.1, 0.15) is 5.60 Å². The Morgan fingerprint density at radius 3 is 2.67 bits per heavy atom. The van der Waals surface area contributed by atoms with E-state index in [1.54, 1.807) is 19.9 Å². The minimum atomic E-state index is -1.02. The lowest BCUT2D eigenvalue weighted by Crippen LogP contribution is -2.40. The van der Waals surface area contributed by atoms with Crippen LogP contribution < -0.4 is 5.73 Å². The van der Waals surface area contributed by atoms with Crippen LogP contribution in [0.4, 0.5) is 0 Å². The summed E-state index contributed by atoms with van der Waals surface area (Å²) in [5.74, 6) is 0. The first-order valence-electron chi connectivity index (χ1n) is 3.67. The Morgan fingerprint density at radius 1 is 1.75 bits per heavy atom. The number of thiophene rings is 1. The van der Waals surface area contributed by atoms with Crippen LogP contribution in [0, 0.1) is 0 Å². The van der Waals surface area contributed by atoms with Gasteiger partial charge in [-0.1, -0.05) is 11.6 Å². The van der Waals surface area contributed by atoms with Crippen molar-refractivity contribution in [1.29, 1.82) is 0 Å². The maximum absolute atomic E-state index is 9.93. The monoisotopic (exact) mass is 205 g/mol. The van der Waals surface area contributed by atoms with Crippen molar-refractivity contribution in [2.75, 3.05) is 0 Å². The summed E-state index contributed by atoms with van der Waals surface area (Å²) in [6, 6.07) is 1.44. The molecule has 1 rings (SSSR count). The van der Waals surface area contributed by atoms with Gasteiger partial charge in [0.05, 0.1) is 9.90 Å². The summed E-state index contributed by atoms with van der Waals surface area (Å²) in [7, 11) is 0. The first-order valence-corrected chi connectivity index (χ1v) is 4.93. The molecule has 68 valence electrons. The SMILES string of the molecule is CC(N)C(C)(O)c1sccc1Cl. The fourth-order valence-electron chi connectivity index (χ4n) is 0.862. The zero-order valence-corrected chi connectivity index (χ0v) is 8.62. The average molecular weight is 206 g/mol. The Kier molecular flexibility index (Phi) is 2.78. The van der Waals surface area contributed by atoms with Gasteiger partial charge in [-0.05, 0) is 25.3 Å². The Hall–Kier alpha value is -0.0900. The number of rotatable bonds is 2. The largest absolute Gasteiger partial charge is 0.383 e. The van der Waals surface area contributed by atoms with Crippen molar-refractivity contribution in [1.82, 2.24) is 0 Å². The molecule has 4 heteroatoms. The molecule has 0 radical (unpaired) electrons. The molecule has 0 aromatic carbocycles. The highest BCUT2D eigenvalue weighted by molar-refractivity contribution is 7.10. The summed E-state index contributed by atoms with van der Waals surface area (Å²) < 4.78 is 0. The number of hydrogen-bond acceptors (Lipinski definition) is 3. The molecule has 2 unspecified atom stereocenters. The van der Waals surface area contributed by atoms with Gasteiger partial charge in [0, 0.05) is 6.04 Å². The molecule has 0 saturated carbocycles. The van der Waals surface area contributed by atoms with Crippen molar-refractivity contribution in [3.8, 4) is 0 Å². The van der Waals surface area contributed by atoms with Crippen molar-refractivity contribution in [3.63, 3.8) is 0 Å². The Bertz CT molecular complexity index is 270. The van der Waals surface area contributed by atoms with E-state index in [1.807, 2.05) is 5.38 Å². The molecule has 0 amide bonds. The van der Waals surface area contributed by atoms with Gasteiger partial charge in [-0.25, -0.2) is 0 Å². The van der Waals surface area contributed by atoms with Crippen molar-refractivity contribution >= 4 is 22.9 Å². The van der Waals surface area contributed by atoms with E-state index in [9.17, 15) is 5.11 Å². The Morgan fingerprint density at radius 2 is 2.33 bits per heavy atom. The van der Waals surface area contributed by atoms with Crippen LogP contribution in [-0.4, -0.2) is 11.1 Å². The molecule has 2 atom stereocenters. The molecule has 3 N–H and O–H groups in total. The number of hydrogen-bond donors (Lipinski definition) is 2. The summed E-state index contributed by atoms with van der Waals surface area (Å²) in [4.78, 5) is 0.735. The van der Waals surface area contributed by atoms with Crippen LogP contribution >= 0.6 is 22.9 Å². The highest BCUT2D eigenvalue weighted by Crippen LogP contribution is 2.34. The summed E-state index contributed by atoms with van der Waals surface area (Å²) in [6.45, 7) is 3.44. The third kappa shape index (κ3) is 1.64. The smallest absolute Gasteiger partial charge is 0.112 e. The second-order valence-corrected chi connectivity index (χ2v) is 4.36. The van der Waals surface area contributed by atoms with Crippen LogP contribution in [0.5, 0.6) is 0 Å². The highest BCUT2D eigenvalue weighted by Gasteiger charge is 2.31. The molecule has 0 aliphatic rings. The van der Waals surface area contributed by atoms with E-state index in [1.165, 1.54) is 11.3 Å². The van der Waals surface area contributed by atoms with E-state index in [4.69, 9.17) is 17.3 Å². The maximum Gasteiger partial charge on any atom is 0.112 e. The van der Waals surface area contributed by atoms with Crippen molar-refractivity contribution < 1.29 is 5.11 Å². The molecule has 0 fully saturated rings. The van der Waals surface area contributed by atoms with Crippen LogP contribution in [0.15, 0.2) is 11.4 Å². The van der Waals surface area contributed by atoms with Gasteiger partial charge in [-0.2, -0.15) is 0 Å².